The molecule has 166 valence electrons. The highest BCUT2D eigenvalue weighted by molar-refractivity contribution is 6.36. The van der Waals surface area contributed by atoms with E-state index < -0.39 is 5.97 Å². The van der Waals surface area contributed by atoms with Crippen molar-refractivity contribution in [3.05, 3.63) is 76.8 Å². The number of aromatic carboxylic acids is 1. The average molecular weight is 460 g/mol. The highest BCUT2D eigenvalue weighted by Crippen LogP contribution is 2.32. The van der Waals surface area contributed by atoms with Crippen molar-refractivity contribution in [1.82, 2.24) is 19.5 Å². The Hall–Kier alpha value is -3.84. The number of carbonyl (C=O) groups is 1. The van der Waals surface area contributed by atoms with Crippen LogP contribution in [0.4, 0.5) is 5.82 Å². The molecule has 0 aliphatic carbocycles. The molecule has 3 aromatic heterocycles. The number of nitrogens with zero attached hydrogens (tertiary/aromatic N) is 3. The summed E-state index contributed by atoms with van der Waals surface area (Å²) in [6, 6.07) is 15.4. The number of H-pyrrole nitrogens is 1. The molecular formula is C25H22ClN5O2. The fraction of sp³-hybridized carbons (Fsp3) is 0.160. The molecule has 0 radical (unpaired) electrons. The first kappa shape index (κ1) is 21.0. The maximum Gasteiger partial charge on any atom is 0.352 e. The Balaban J connectivity index is 1.35. The maximum atomic E-state index is 11.2. The highest BCUT2D eigenvalue weighted by Gasteiger charge is 2.14. The lowest BCUT2D eigenvalue weighted by molar-refractivity contribution is 0.0691. The molecule has 5 aromatic rings. The number of halogens is 1. The van der Waals surface area contributed by atoms with Crippen molar-refractivity contribution in [2.45, 2.75) is 20.4 Å². The van der Waals surface area contributed by atoms with Gasteiger partial charge in [-0.3, -0.25) is 0 Å². The number of hydrogen-bond donors (Lipinski definition) is 3. The number of aromatic amines is 1. The van der Waals surface area contributed by atoms with Crippen LogP contribution in [0.5, 0.6) is 0 Å². The zero-order chi connectivity index (χ0) is 23.1. The van der Waals surface area contributed by atoms with Gasteiger partial charge in [-0.15, -0.1) is 0 Å². The summed E-state index contributed by atoms with van der Waals surface area (Å²) in [5.41, 5.74) is 5.92. The molecule has 3 heterocycles. The first-order valence-corrected chi connectivity index (χ1v) is 11.0. The van der Waals surface area contributed by atoms with Crippen molar-refractivity contribution in [1.29, 1.82) is 0 Å². The van der Waals surface area contributed by atoms with Crippen LogP contribution in [0.2, 0.25) is 5.02 Å². The Morgan fingerprint density at radius 2 is 2.00 bits per heavy atom. The number of aromatic nitrogens is 4. The lowest BCUT2D eigenvalue weighted by Crippen LogP contribution is -2.12. The first-order valence-electron chi connectivity index (χ1n) is 10.6. The molecule has 0 unspecified atom stereocenters. The van der Waals surface area contributed by atoms with E-state index in [1.54, 1.807) is 6.07 Å². The molecule has 3 N–H and O–H groups in total. The third kappa shape index (κ3) is 3.81. The summed E-state index contributed by atoms with van der Waals surface area (Å²) < 4.78 is 2.22. The molecule has 0 fully saturated rings. The molecule has 0 aliphatic rings. The minimum Gasteiger partial charge on any atom is -0.477 e. The van der Waals surface area contributed by atoms with Gasteiger partial charge in [-0.2, -0.15) is 0 Å². The van der Waals surface area contributed by atoms with Gasteiger partial charge in [0, 0.05) is 46.7 Å². The Kier molecular flexibility index (Phi) is 5.26. The summed E-state index contributed by atoms with van der Waals surface area (Å²) in [7, 11) is 0. The number of carboxylic acid groups (broad SMARTS) is 1. The van der Waals surface area contributed by atoms with Gasteiger partial charge in [0.25, 0.3) is 0 Å². The monoisotopic (exact) mass is 459 g/mol. The summed E-state index contributed by atoms with van der Waals surface area (Å²) in [6.07, 6.45) is 1.53. The van der Waals surface area contributed by atoms with Crippen molar-refractivity contribution in [3.8, 4) is 11.3 Å². The lowest BCUT2D eigenvalue weighted by atomic mass is 10.1. The molecule has 0 atom stereocenters. The number of anilines is 1. The molecule has 2 aromatic carbocycles. The molecular weight excluding hydrogens is 438 g/mol. The molecule has 0 spiro atoms. The van der Waals surface area contributed by atoms with E-state index in [9.17, 15) is 9.90 Å². The molecule has 33 heavy (non-hydrogen) atoms. The molecule has 5 rings (SSSR count). The second-order valence-corrected chi connectivity index (χ2v) is 8.40. The van der Waals surface area contributed by atoms with Crippen LogP contribution in [0.3, 0.4) is 0 Å². The largest absolute Gasteiger partial charge is 0.477 e. The minimum absolute atomic E-state index is 0.162. The maximum absolute atomic E-state index is 11.2. The van der Waals surface area contributed by atoms with Crippen LogP contribution in [-0.2, 0) is 6.54 Å². The van der Waals surface area contributed by atoms with Gasteiger partial charge in [-0.1, -0.05) is 29.8 Å². The molecule has 0 amide bonds. The summed E-state index contributed by atoms with van der Waals surface area (Å²) in [6.45, 7) is 5.53. The quantitative estimate of drug-likeness (QED) is 0.304. The standard InChI is InChI=1S/C25H22ClN5O2/c1-14-4-3-5-21-23(14)24(26)15(2)31(21)9-8-27-22-12-19(28-13-29-22)16-6-7-18-17(10-16)11-20(30-18)25(32)33/h3-7,10-13,30H,8-9H2,1-2H3,(H,32,33)(H,27,28,29). The first-order chi connectivity index (χ1) is 15.9. The van der Waals surface area contributed by atoms with Crippen LogP contribution in [0.15, 0.2) is 54.9 Å². The number of carboxylic acids is 1. The lowest BCUT2D eigenvalue weighted by Gasteiger charge is -2.11. The van der Waals surface area contributed by atoms with Crippen molar-refractivity contribution in [3.63, 3.8) is 0 Å². The van der Waals surface area contributed by atoms with E-state index in [4.69, 9.17) is 11.6 Å². The van der Waals surface area contributed by atoms with Crippen LogP contribution in [0, 0.1) is 13.8 Å². The molecule has 0 saturated carbocycles. The van der Waals surface area contributed by atoms with Gasteiger partial charge >= 0.3 is 5.97 Å². The van der Waals surface area contributed by atoms with Gasteiger partial charge < -0.3 is 20.0 Å². The Labute approximate surface area is 195 Å². The second kappa shape index (κ2) is 8.26. The molecule has 0 saturated heterocycles. The third-order valence-electron chi connectivity index (χ3n) is 5.94. The van der Waals surface area contributed by atoms with Gasteiger partial charge in [-0.25, -0.2) is 14.8 Å². The minimum atomic E-state index is -0.983. The van der Waals surface area contributed by atoms with E-state index >= 15 is 0 Å². The smallest absolute Gasteiger partial charge is 0.352 e. The van der Waals surface area contributed by atoms with E-state index in [0.717, 1.165) is 56.1 Å². The summed E-state index contributed by atoms with van der Waals surface area (Å²) in [5, 5.41) is 15.3. The van der Waals surface area contributed by atoms with Crippen LogP contribution in [-0.4, -0.2) is 37.1 Å². The van der Waals surface area contributed by atoms with E-state index in [2.05, 4.69) is 50.0 Å². The highest BCUT2D eigenvalue weighted by atomic mass is 35.5. The number of hydrogen-bond acceptors (Lipinski definition) is 4. The topological polar surface area (TPSA) is 95.8 Å². The molecule has 0 bridgehead atoms. The van der Waals surface area contributed by atoms with Crippen LogP contribution in [0.25, 0.3) is 33.1 Å². The van der Waals surface area contributed by atoms with E-state index in [1.807, 2.05) is 31.2 Å². The Bertz CT molecular complexity index is 1520. The predicted octanol–water partition coefficient (Wildman–Crippen LogP) is 5.66. The van der Waals surface area contributed by atoms with Gasteiger partial charge in [0.2, 0.25) is 0 Å². The van der Waals surface area contributed by atoms with Crippen molar-refractivity contribution >= 4 is 45.2 Å². The number of aryl methyl sites for hydroxylation is 1. The predicted molar refractivity (Wildman–Crippen MR) is 131 cm³/mol. The fourth-order valence-electron chi connectivity index (χ4n) is 4.25. The van der Waals surface area contributed by atoms with Crippen LogP contribution in [0.1, 0.15) is 21.7 Å². The number of rotatable bonds is 6. The van der Waals surface area contributed by atoms with E-state index in [0.29, 0.717) is 6.54 Å². The normalized spacial score (nSPS) is 11.4. The van der Waals surface area contributed by atoms with Gasteiger partial charge in [0.1, 0.15) is 17.8 Å². The van der Waals surface area contributed by atoms with Crippen molar-refractivity contribution < 1.29 is 9.90 Å². The van der Waals surface area contributed by atoms with Gasteiger partial charge in [0.15, 0.2) is 0 Å². The summed E-state index contributed by atoms with van der Waals surface area (Å²) in [4.78, 5) is 22.9. The van der Waals surface area contributed by atoms with Crippen molar-refractivity contribution in [2.75, 3.05) is 11.9 Å². The summed E-state index contributed by atoms with van der Waals surface area (Å²) in [5.74, 6) is -0.264. The van der Waals surface area contributed by atoms with Gasteiger partial charge in [-0.05, 0) is 43.7 Å². The molecule has 0 aliphatic heterocycles. The second-order valence-electron chi connectivity index (χ2n) is 8.03. The Morgan fingerprint density at radius 1 is 1.15 bits per heavy atom. The fourth-order valence-corrected chi connectivity index (χ4v) is 4.59. The molecule has 7 nitrogen and oxygen atoms in total. The van der Waals surface area contributed by atoms with Crippen molar-refractivity contribution in [2.24, 2.45) is 0 Å². The van der Waals surface area contributed by atoms with E-state index in [-0.39, 0.29) is 5.69 Å². The number of fused-ring (bicyclic) bond motifs is 2. The Morgan fingerprint density at radius 3 is 2.82 bits per heavy atom. The zero-order valence-electron chi connectivity index (χ0n) is 18.2. The number of benzene rings is 2. The number of nitrogens with one attached hydrogen (secondary N) is 2. The van der Waals surface area contributed by atoms with Crippen LogP contribution >= 0.6 is 11.6 Å². The molecule has 8 heteroatoms. The van der Waals surface area contributed by atoms with Gasteiger partial charge in [0.05, 0.1) is 16.2 Å². The average Bonchev–Trinajstić information content (AvgIpc) is 3.34. The van der Waals surface area contributed by atoms with Crippen LogP contribution < -0.4 is 5.32 Å². The summed E-state index contributed by atoms with van der Waals surface area (Å²) >= 11 is 6.60. The zero-order valence-corrected chi connectivity index (χ0v) is 18.9. The van der Waals surface area contributed by atoms with E-state index in [1.165, 1.54) is 11.9 Å². The SMILES string of the molecule is Cc1cccc2c1c(Cl)c(C)n2CCNc1cc(-c2ccc3[nH]c(C(=O)O)cc3c2)ncn1. The third-order valence-corrected chi connectivity index (χ3v) is 6.40.